The normalized spacial score (nSPS) is 25.7. The third kappa shape index (κ3) is 3.42. The summed E-state index contributed by atoms with van der Waals surface area (Å²) in [6.45, 7) is 4.15. The van der Waals surface area contributed by atoms with Gasteiger partial charge >= 0.3 is 6.18 Å². The van der Waals surface area contributed by atoms with Crippen molar-refractivity contribution in [1.82, 2.24) is 20.3 Å². The molecule has 26 heavy (non-hydrogen) atoms. The highest BCUT2D eigenvalue weighted by Crippen LogP contribution is 2.40. The SMILES string of the molecule is Cc1nc(CN[C@H]2CC[C@@H]3CN(c4cccc(C(F)(F)F)n4)C[C@@H]32)c[nH]1. The summed E-state index contributed by atoms with van der Waals surface area (Å²) in [5, 5.41) is 3.58. The number of nitrogens with zero attached hydrogens (tertiary/aromatic N) is 3. The van der Waals surface area contributed by atoms with E-state index in [-0.39, 0.29) is 0 Å². The van der Waals surface area contributed by atoms with Crippen LogP contribution in [0.3, 0.4) is 0 Å². The molecule has 1 aliphatic heterocycles. The third-order valence-corrected chi connectivity index (χ3v) is 5.51. The third-order valence-electron chi connectivity index (χ3n) is 5.51. The molecule has 5 nitrogen and oxygen atoms in total. The van der Waals surface area contributed by atoms with Crippen molar-refractivity contribution in [3.63, 3.8) is 0 Å². The van der Waals surface area contributed by atoms with Gasteiger partial charge in [-0.25, -0.2) is 9.97 Å². The predicted octanol–water partition coefficient (Wildman–Crippen LogP) is 3.14. The number of fused-ring (bicyclic) bond motifs is 1. The van der Waals surface area contributed by atoms with E-state index in [2.05, 4.69) is 20.3 Å². The number of aryl methyl sites for hydroxylation is 1. The van der Waals surface area contributed by atoms with Gasteiger partial charge in [-0.15, -0.1) is 0 Å². The van der Waals surface area contributed by atoms with Gasteiger partial charge < -0.3 is 15.2 Å². The summed E-state index contributed by atoms with van der Waals surface area (Å²) in [6.07, 6.45) is -0.306. The first-order valence-electron chi connectivity index (χ1n) is 8.93. The van der Waals surface area contributed by atoms with E-state index in [4.69, 9.17) is 0 Å². The molecule has 3 heterocycles. The van der Waals surface area contributed by atoms with Crippen molar-refractivity contribution in [1.29, 1.82) is 0 Å². The average Bonchev–Trinajstić information content (AvgIpc) is 3.28. The molecule has 0 radical (unpaired) electrons. The monoisotopic (exact) mass is 365 g/mol. The van der Waals surface area contributed by atoms with E-state index in [1.165, 1.54) is 6.07 Å². The Balaban J connectivity index is 1.41. The second-order valence-corrected chi connectivity index (χ2v) is 7.25. The fourth-order valence-corrected chi connectivity index (χ4v) is 4.26. The zero-order chi connectivity index (χ0) is 18.3. The number of rotatable bonds is 4. The quantitative estimate of drug-likeness (QED) is 0.874. The van der Waals surface area contributed by atoms with Gasteiger partial charge in [-0.3, -0.25) is 0 Å². The van der Waals surface area contributed by atoms with Crippen LogP contribution in [0.5, 0.6) is 0 Å². The maximum Gasteiger partial charge on any atom is 0.433 e. The van der Waals surface area contributed by atoms with Crippen LogP contribution in [0.2, 0.25) is 0 Å². The Morgan fingerprint density at radius 1 is 1.23 bits per heavy atom. The highest BCUT2D eigenvalue weighted by Gasteiger charge is 2.43. The fraction of sp³-hybridized carbons (Fsp3) is 0.556. The minimum atomic E-state index is -4.41. The Morgan fingerprint density at radius 3 is 2.81 bits per heavy atom. The molecule has 2 aromatic rings. The van der Waals surface area contributed by atoms with Gasteiger partial charge in [0.2, 0.25) is 0 Å². The molecule has 4 rings (SSSR count). The molecule has 1 saturated carbocycles. The minimum absolute atomic E-state index is 0.368. The van der Waals surface area contributed by atoms with Crippen LogP contribution in [0.4, 0.5) is 19.0 Å². The minimum Gasteiger partial charge on any atom is -0.356 e. The number of alkyl halides is 3. The van der Waals surface area contributed by atoms with Crippen molar-refractivity contribution < 1.29 is 13.2 Å². The van der Waals surface area contributed by atoms with Gasteiger partial charge in [0.05, 0.1) is 5.69 Å². The summed E-state index contributed by atoms with van der Waals surface area (Å²) in [6, 6.07) is 4.50. The van der Waals surface area contributed by atoms with E-state index in [9.17, 15) is 13.2 Å². The molecular formula is C18H22F3N5. The van der Waals surface area contributed by atoms with Crippen molar-refractivity contribution in [2.24, 2.45) is 11.8 Å². The molecule has 2 aliphatic rings. The maximum atomic E-state index is 12.9. The molecule has 1 aliphatic carbocycles. The molecule has 1 saturated heterocycles. The van der Waals surface area contributed by atoms with Crippen molar-refractivity contribution >= 4 is 5.82 Å². The number of halogens is 3. The highest BCUT2D eigenvalue weighted by atomic mass is 19.4. The Labute approximate surface area is 150 Å². The van der Waals surface area contributed by atoms with Gasteiger partial charge in [0.1, 0.15) is 17.3 Å². The Kier molecular flexibility index (Phi) is 4.38. The molecule has 0 unspecified atom stereocenters. The second kappa shape index (κ2) is 6.57. The number of anilines is 1. The summed E-state index contributed by atoms with van der Waals surface area (Å²) in [7, 11) is 0. The van der Waals surface area contributed by atoms with Gasteiger partial charge in [0.25, 0.3) is 0 Å². The molecule has 0 bridgehead atoms. The van der Waals surface area contributed by atoms with E-state index >= 15 is 0 Å². The van der Waals surface area contributed by atoms with Crippen LogP contribution >= 0.6 is 0 Å². The van der Waals surface area contributed by atoms with Crippen LogP contribution in [0.1, 0.15) is 30.1 Å². The number of H-pyrrole nitrogens is 1. The number of imidazole rings is 1. The van der Waals surface area contributed by atoms with E-state index in [0.717, 1.165) is 43.5 Å². The zero-order valence-corrected chi connectivity index (χ0v) is 14.6. The van der Waals surface area contributed by atoms with Crippen LogP contribution in [0.15, 0.2) is 24.4 Å². The number of hydrogen-bond donors (Lipinski definition) is 2. The lowest BCUT2D eigenvalue weighted by molar-refractivity contribution is -0.141. The van der Waals surface area contributed by atoms with Crippen LogP contribution in [0.25, 0.3) is 0 Å². The maximum absolute atomic E-state index is 12.9. The van der Waals surface area contributed by atoms with E-state index in [0.29, 0.717) is 30.2 Å². The molecule has 140 valence electrons. The number of aromatic nitrogens is 3. The molecule has 2 fully saturated rings. The second-order valence-electron chi connectivity index (χ2n) is 7.25. The predicted molar refractivity (Wildman–Crippen MR) is 91.6 cm³/mol. The van der Waals surface area contributed by atoms with E-state index < -0.39 is 11.9 Å². The zero-order valence-electron chi connectivity index (χ0n) is 14.6. The molecule has 2 aromatic heterocycles. The lowest BCUT2D eigenvalue weighted by atomic mass is 9.98. The van der Waals surface area contributed by atoms with Gasteiger partial charge in [-0.1, -0.05) is 6.07 Å². The van der Waals surface area contributed by atoms with Crippen LogP contribution in [0, 0.1) is 18.8 Å². The summed E-state index contributed by atoms with van der Waals surface area (Å²) in [5.74, 6) is 2.26. The van der Waals surface area contributed by atoms with Crippen LogP contribution in [-0.2, 0) is 12.7 Å². The molecule has 0 amide bonds. The lowest BCUT2D eigenvalue weighted by Crippen LogP contribution is -2.35. The topological polar surface area (TPSA) is 56.8 Å². The molecule has 0 aromatic carbocycles. The Hall–Kier alpha value is -2.09. The van der Waals surface area contributed by atoms with Crippen molar-refractivity contribution in [2.75, 3.05) is 18.0 Å². The van der Waals surface area contributed by atoms with Gasteiger partial charge in [-0.05, 0) is 43.7 Å². The molecular weight excluding hydrogens is 343 g/mol. The number of hydrogen-bond acceptors (Lipinski definition) is 4. The fourth-order valence-electron chi connectivity index (χ4n) is 4.26. The summed E-state index contributed by atoms with van der Waals surface area (Å²) < 4.78 is 38.7. The lowest BCUT2D eigenvalue weighted by Gasteiger charge is -2.22. The van der Waals surface area contributed by atoms with Crippen LogP contribution < -0.4 is 10.2 Å². The number of nitrogens with one attached hydrogen (secondary N) is 2. The van der Waals surface area contributed by atoms with E-state index in [1.54, 1.807) is 6.07 Å². The highest BCUT2D eigenvalue weighted by molar-refractivity contribution is 5.42. The summed E-state index contributed by atoms with van der Waals surface area (Å²) >= 11 is 0. The Bertz CT molecular complexity index is 772. The Morgan fingerprint density at radius 2 is 2.08 bits per heavy atom. The first-order valence-corrected chi connectivity index (χ1v) is 8.93. The van der Waals surface area contributed by atoms with Crippen molar-refractivity contribution in [2.45, 2.75) is 38.5 Å². The summed E-state index contributed by atoms with van der Waals surface area (Å²) in [5.41, 5.74) is 0.163. The van der Waals surface area contributed by atoms with Gasteiger partial charge in [0, 0.05) is 31.9 Å². The molecule has 2 N–H and O–H groups in total. The summed E-state index contributed by atoms with van der Waals surface area (Å²) in [4.78, 5) is 13.3. The van der Waals surface area contributed by atoms with Crippen molar-refractivity contribution in [3.05, 3.63) is 41.6 Å². The van der Waals surface area contributed by atoms with Crippen molar-refractivity contribution in [3.8, 4) is 0 Å². The average molecular weight is 365 g/mol. The first kappa shape index (κ1) is 17.3. The van der Waals surface area contributed by atoms with E-state index in [1.807, 2.05) is 18.0 Å². The molecule has 3 atom stereocenters. The first-order chi connectivity index (χ1) is 12.4. The van der Waals surface area contributed by atoms with Gasteiger partial charge in [0.15, 0.2) is 0 Å². The number of pyridine rings is 1. The smallest absolute Gasteiger partial charge is 0.356 e. The number of aromatic amines is 1. The molecule has 0 spiro atoms. The van der Waals surface area contributed by atoms with Gasteiger partial charge in [-0.2, -0.15) is 13.2 Å². The largest absolute Gasteiger partial charge is 0.433 e. The standard InChI is InChI=1S/C18H22F3N5/c1-11-22-7-13(24-11)8-23-15-6-5-12-9-26(10-14(12)15)17-4-2-3-16(25-17)18(19,20)21/h2-4,7,12,14-15,23H,5-6,8-10H2,1H3,(H,22,24)/t12-,14+,15+/m1/s1. The molecule has 8 heteroatoms. The van der Waals surface area contributed by atoms with Crippen LogP contribution in [-0.4, -0.2) is 34.1 Å².